The highest BCUT2D eigenvalue weighted by molar-refractivity contribution is 7.10. The molecule has 1 fully saturated rings. The van der Waals surface area contributed by atoms with E-state index in [0.717, 1.165) is 28.1 Å². The maximum Gasteiger partial charge on any atom is 0.416 e. The number of carbonyl (C=O) groups excluding carboxylic acids is 2. The number of likely N-dealkylation sites (tertiary alicyclic amines) is 1. The molecule has 1 N–H and O–H groups in total. The van der Waals surface area contributed by atoms with Crippen molar-refractivity contribution in [2.75, 3.05) is 25.5 Å². The normalized spacial score (nSPS) is 14.6. The van der Waals surface area contributed by atoms with Gasteiger partial charge < -0.3 is 15.0 Å². The van der Waals surface area contributed by atoms with Gasteiger partial charge >= 0.3 is 6.18 Å². The number of methoxy groups -OCH3 is 1. The van der Waals surface area contributed by atoms with E-state index >= 15 is 0 Å². The summed E-state index contributed by atoms with van der Waals surface area (Å²) in [5.41, 5.74) is 2.53. The molecule has 5 nitrogen and oxygen atoms in total. The van der Waals surface area contributed by atoms with Crippen LogP contribution in [0.15, 0.2) is 47.8 Å². The fourth-order valence-electron chi connectivity index (χ4n) is 4.38. The zero-order valence-electron chi connectivity index (χ0n) is 20.2. The van der Waals surface area contributed by atoms with E-state index in [1.54, 1.807) is 16.2 Å². The maximum atomic E-state index is 13.2. The van der Waals surface area contributed by atoms with Crippen LogP contribution in [0.1, 0.15) is 61.0 Å². The average Bonchev–Trinajstić information content (AvgIpc) is 3.21. The van der Waals surface area contributed by atoms with Gasteiger partial charge in [-0.2, -0.15) is 13.2 Å². The largest absolute Gasteiger partial charge is 0.497 e. The summed E-state index contributed by atoms with van der Waals surface area (Å²) in [6, 6.07) is 10.8. The molecule has 36 heavy (non-hydrogen) atoms. The molecular formula is C27H27F3N2O3S. The van der Waals surface area contributed by atoms with Crippen molar-refractivity contribution in [2.24, 2.45) is 0 Å². The highest BCUT2D eigenvalue weighted by Gasteiger charge is 2.33. The van der Waals surface area contributed by atoms with Crippen molar-refractivity contribution in [3.8, 4) is 5.75 Å². The molecule has 0 spiro atoms. The van der Waals surface area contributed by atoms with Crippen molar-refractivity contribution in [1.82, 2.24) is 4.90 Å². The van der Waals surface area contributed by atoms with Crippen molar-refractivity contribution in [1.29, 1.82) is 0 Å². The fraction of sp³-hybridized carbons (Fsp3) is 0.333. The maximum absolute atomic E-state index is 13.2. The molecule has 2 heterocycles. The number of thiophene rings is 1. The lowest BCUT2D eigenvalue weighted by atomic mass is 9.89. The number of nitrogens with zero attached hydrogens (tertiary/aromatic N) is 1. The molecule has 0 atom stereocenters. The molecule has 3 aromatic rings. The first-order valence-electron chi connectivity index (χ1n) is 11.6. The molecule has 2 amide bonds. The molecule has 0 unspecified atom stereocenters. The predicted octanol–water partition coefficient (Wildman–Crippen LogP) is 6.66. The van der Waals surface area contributed by atoms with E-state index in [4.69, 9.17) is 4.74 Å². The van der Waals surface area contributed by atoms with E-state index in [2.05, 4.69) is 5.32 Å². The number of aryl methyl sites for hydroxylation is 1. The molecule has 190 valence electrons. The number of nitrogens with one attached hydrogen (secondary N) is 1. The van der Waals surface area contributed by atoms with Gasteiger partial charge in [-0.1, -0.05) is 12.1 Å². The van der Waals surface area contributed by atoms with Crippen molar-refractivity contribution in [2.45, 2.75) is 38.8 Å². The second-order valence-electron chi connectivity index (χ2n) is 8.92. The molecule has 0 aliphatic carbocycles. The first-order chi connectivity index (χ1) is 17.1. The van der Waals surface area contributed by atoms with E-state index in [1.165, 1.54) is 13.2 Å². The summed E-state index contributed by atoms with van der Waals surface area (Å²) in [4.78, 5) is 28.2. The molecule has 0 bridgehead atoms. The van der Waals surface area contributed by atoms with Crippen LogP contribution in [0.4, 0.5) is 18.9 Å². The Labute approximate surface area is 211 Å². The number of rotatable bonds is 5. The SMILES string of the molecule is COc1cc(C(=O)N2CCC(c3ccc(NC(=O)c4csc(C)c4C)cc3)CC2)cc(C(F)(F)F)c1. The van der Waals surface area contributed by atoms with E-state index in [1.807, 2.05) is 43.5 Å². The van der Waals surface area contributed by atoms with Crippen LogP contribution in [0.3, 0.4) is 0 Å². The monoisotopic (exact) mass is 516 g/mol. The Morgan fingerprint density at radius 1 is 1.06 bits per heavy atom. The van der Waals surface area contributed by atoms with Crippen molar-refractivity contribution in [3.05, 3.63) is 80.5 Å². The Kier molecular flexibility index (Phi) is 7.40. The summed E-state index contributed by atoms with van der Waals surface area (Å²) < 4.78 is 44.7. The first-order valence-corrected chi connectivity index (χ1v) is 12.5. The summed E-state index contributed by atoms with van der Waals surface area (Å²) in [5.74, 6) is -0.353. The minimum atomic E-state index is -4.57. The van der Waals surface area contributed by atoms with Crippen LogP contribution in [0, 0.1) is 13.8 Å². The number of hydrogen-bond acceptors (Lipinski definition) is 4. The lowest BCUT2D eigenvalue weighted by molar-refractivity contribution is -0.137. The zero-order chi connectivity index (χ0) is 26.0. The lowest BCUT2D eigenvalue weighted by Crippen LogP contribution is -2.38. The number of piperidine rings is 1. The molecule has 1 aliphatic rings. The van der Waals surface area contributed by atoms with E-state index in [-0.39, 0.29) is 23.1 Å². The summed E-state index contributed by atoms with van der Waals surface area (Å²) in [6.45, 7) is 4.81. The van der Waals surface area contributed by atoms with Gasteiger partial charge in [-0.05, 0) is 74.1 Å². The number of halogens is 3. The molecular weight excluding hydrogens is 489 g/mol. The van der Waals surface area contributed by atoms with Gasteiger partial charge in [-0.15, -0.1) is 11.3 Å². The number of benzene rings is 2. The van der Waals surface area contributed by atoms with Gasteiger partial charge in [-0.25, -0.2) is 0 Å². The summed E-state index contributed by atoms with van der Waals surface area (Å²) in [7, 11) is 1.27. The number of anilines is 1. The Morgan fingerprint density at radius 3 is 2.28 bits per heavy atom. The molecule has 9 heteroatoms. The quantitative estimate of drug-likeness (QED) is 0.412. The number of carbonyl (C=O) groups is 2. The van der Waals surface area contributed by atoms with Crippen LogP contribution in [0.5, 0.6) is 5.75 Å². The minimum Gasteiger partial charge on any atom is -0.497 e. The number of alkyl halides is 3. The minimum absolute atomic E-state index is 0.000430. The van der Waals surface area contributed by atoms with Crippen LogP contribution in [0.2, 0.25) is 0 Å². The molecule has 0 saturated carbocycles. The molecule has 1 saturated heterocycles. The zero-order valence-corrected chi connectivity index (χ0v) is 21.1. The van der Waals surface area contributed by atoms with Crippen LogP contribution in [0.25, 0.3) is 0 Å². The van der Waals surface area contributed by atoms with Crippen molar-refractivity contribution in [3.63, 3.8) is 0 Å². The van der Waals surface area contributed by atoms with Crippen LogP contribution in [-0.2, 0) is 6.18 Å². The van der Waals surface area contributed by atoms with Gasteiger partial charge in [0.05, 0.1) is 18.2 Å². The second-order valence-corrected chi connectivity index (χ2v) is 10.0. The predicted molar refractivity (Wildman–Crippen MR) is 134 cm³/mol. The molecule has 0 radical (unpaired) electrons. The summed E-state index contributed by atoms with van der Waals surface area (Å²) in [6.07, 6.45) is -3.18. The number of amides is 2. The Balaban J connectivity index is 1.38. The van der Waals surface area contributed by atoms with Crippen LogP contribution in [-0.4, -0.2) is 36.9 Å². The smallest absolute Gasteiger partial charge is 0.416 e. The number of hydrogen-bond donors (Lipinski definition) is 1. The highest BCUT2D eigenvalue weighted by Crippen LogP contribution is 2.34. The highest BCUT2D eigenvalue weighted by atomic mass is 32.1. The third kappa shape index (κ3) is 5.56. The van der Waals surface area contributed by atoms with Gasteiger partial charge in [0.1, 0.15) is 5.75 Å². The molecule has 2 aromatic carbocycles. The first kappa shape index (κ1) is 25.8. The van der Waals surface area contributed by atoms with Crippen LogP contribution >= 0.6 is 11.3 Å². The second kappa shape index (κ2) is 10.3. The third-order valence-corrected chi connectivity index (χ3v) is 7.68. The van der Waals surface area contributed by atoms with Gasteiger partial charge in [0.2, 0.25) is 0 Å². The van der Waals surface area contributed by atoms with Crippen molar-refractivity contribution < 1.29 is 27.5 Å². The van der Waals surface area contributed by atoms with Crippen LogP contribution < -0.4 is 10.1 Å². The van der Waals surface area contributed by atoms with Gasteiger partial charge in [0.25, 0.3) is 11.8 Å². The van der Waals surface area contributed by atoms with E-state index < -0.39 is 17.6 Å². The van der Waals surface area contributed by atoms with Crippen molar-refractivity contribution >= 4 is 28.8 Å². The van der Waals surface area contributed by atoms with Gasteiger partial charge in [0, 0.05) is 34.6 Å². The topological polar surface area (TPSA) is 58.6 Å². The molecule has 4 rings (SSSR count). The summed E-state index contributed by atoms with van der Waals surface area (Å²) >= 11 is 1.55. The summed E-state index contributed by atoms with van der Waals surface area (Å²) in [5, 5.41) is 4.79. The molecule has 1 aromatic heterocycles. The van der Waals surface area contributed by atoms with Gasteiger partial charge in [0.15, 0.2) is 0 Å². The molecule has 1 aliphatic heterocycles. The van der Waals surface area contributed by atoms with E-state index in [0.29, 0.717) is 37.2 Å². The Hall–Kier alpha value is -3.33. The fourth-order valence-corrected chi connectivity index (χ4v) is 5.24. The average molecular weight is 517 g/mol. The lowest BCUT2D eigenvalue weighted by Gasteiger charge is -2.32. The Morgan fingerprint density at radius 2 is 1.72 bits per heavy atom. The third-order valence-electron chi connectivity index (χ3n) is 6.67. The standard InChI is InChI=1S/C27H27F3N2O3S/c1-16-17(2)36-15-24(16)25(33)31-22-6-4-18(5-7-22)19-8-10-32(11-9-19)26(34)20-12-21(27(28,29)30)14-23(13-20)35-3/h4-7,12-15,19H,8-11H2,1-3H3,(H,31,33). The van der Waals surface area contributed by atoms with Gasteiger partial charge in [-0.3, -0.25) is 9.59 Å². The Bertz CT molecular complexity index is 1260. The number of ether oxygens (including phenoxy) is 1. The van der Waals surface area contributed by atoms with E-state index in [9.17, 15) is 22.8 Å².